The number of rotatable bonds is 3. The highest BCUT2D eigenvalue weighted by Crippen LogP contribution is 2.23. The van der Waals surface area contributed by atoms with Gasteiger partial charge < -0.3 is 10.2 Å². The van der Waals surface area contributed by atoms with Gasteiger partial charge in [0, 0.05) is 20.3 Å². The average Bonchev–Trinajstić information content (AvgIpc) is 2.43. The SMILES string of the molecule is CN(C)c1ncccc1C(=O)Nc1cccc(Cl)c1F. The van der Waals surface area contributed by atoms with Crippen LogP contribution in [0, 0.1) is 5.82 Å². The van der Waals surface area contributed by atoms with Crippen LogP contribution in [0.25, 0.3) is 0 Å². The molecule has 1 N–H and O–H groups in total. The predicted octanol–water partition coefficient (Wildman–Crippen LogP) is 3.19. The number of carbonyl (C=O) groups is 1. The van der Waals surface area contributed by atoms with Gasteiger partial charge in [0.05, 0.1) is 16.3 Å². The Morgan fingerprint density at radius 3 is 2.75 bits per heavy atom. The second-order valence-corrected chi connectivity index (χ2v) is 4.73. The zero-order valence-electron chi connectivity index (χ0n) is 11.0. The molecule has 20 heavy (non-hydrogen) atoms. The van der Waals surface area contributed by atoms with Crippen molar-refractivity contribution in [1.29, 1.82) is 0 Å². The lowest BCUT2D eigenvalue weighted by Crippen LogP contribution is -2.20. The second-order valence-electron chi connectivity index (χ2n) is 4.32. The summed E-state index contributed by atoms with van der Waals surface area (Å²) >= 11 is 5.68. The molecule has 1 amide bonds. The van der Waals surface area contributed by atoms with Gasteiger partial charge in [-0.3, -0.25) is 4.79 Å². The number of nitrogens with zero attached hydrogens (tertiary/aromatic N) is 2. The third-order valence-corrected chi connectivity index (χ3v) is 2.95. The van der Waals surface area contributed by atoms with E-state index in [1.807, 2.05) is 0 Å². The number of hydrogen-bond donors (Lipinski definition) is 1. The van der Waals surface area contributed by atoms with Gasteiger partial charge in [-0.25, -0.2) is 9.37 Å². The highest BCUT2D eigenvalue weighted by Gasteiger charge is 2.16. The second kappa shape index (κ2) is 5.88. The van der Waals surface area contributed by atoms with Crippen LogP contribution in [0.4, 0.5) is 15.9 Å². The number of hydrogen-bond acceptors (Lipinski definition) is 3. The molecular formula is C14H13ClFN3O. The van der Waals surface area contributed by atoms with Crippen molar-refractivity contribution in [1.82, 2.24) is 4.98 Å². The zero-order valence-corrected chi connectivity index (χ0v) is 11.8. The van der Waals surface area contributed by atoms with Crippen molar-refractivity contribution >= 4 is 29.0 Å². The first-order valence-electron chi connectivity index (χ1n) is 5.88. The molecule has 6 heteroatoms. The normalized spacial score (nSPS) is 10.2. The van der Waals surface area contributed by atoms with Crippen molar-refractivity contribution in [3.8, 4) is 0 Å². The maximum absolute atomic E-state index is 13.8. The molecule has 0 fully saturated rings. The number of benzene rings is 1. The standard InChI is InChI=1S/C14H13ClFN3O/c1-19(2)13-9(5-4-8-17-13)14(20)18-11-7-3-6-10(15)12(11)16/h3-8H,1-2H3,(H,18,20). The Balaban J connectivity index is 2.31. The van der Waals surface area contributed by atoms with Crippen LogP contribution in [0.5, 0.6) is 0 Å². The summed E-state index contributed by atoms with van der Waals surface area (Å²) in [4.78, 5) is 18.1. The maximum atomic E-state index is 13.8. The fraction of sp³-hybridized carbons (Fsp3) is 0.143. The van der Waals surface area contributed by atoms with Crippen LogP contribution in [0.1, 0.15) is 10.4 Å². The topological polar surface area (TPSA) is 45.2 Å². The maximum Gasteiger partial charge on any atom is 0.259 e. The third kappa shape index (κ3) is 2.88. The van der Waals surface area contributed by atoms with Crippen LogP contribution in [-0.4, -0.2) is 25.0 Å². The van der Waals surface area contributed by atoms with E-state index in [0.29, 0.717) is 11.4 Å². The van der Waals surface area contributed by atoms with Crippen LogP contribution in [0.15, 0.2) is 36.5 Å². The number of carbonyl (C=O) groups excluding carboxylic acids is 1. The van der Waals surface area contributed by atoms with E-state index in [9.17, 15) is 9.18 Å². The zero-order chi connectivity index (χ0) is 14.7. The van der Waals surface area contributed by atoms with Crippen molar-refractivity contribution in [2.24, 2.45) is 0 Å². The van der Waals surface area contributed by atoms with Crippen LogP contribution >= 0.6 is 11.6 Å². The fourth-order valence-corrected chi connectivity index (χ4v) is 1.90. The molecule has 0 radical (unpaired) electrons. The predicted molar refractivity (Wildman–Crippen MR) is 77.9 cm³/mol. The van der Waals surface area contributed by atoms with E-state index in [4.69, 9.17) is 11.6 Å². The molecule has 1 aromatic heterocycles. The van der Waals surface area contributed by atoms with Crippen LogP contribution in [0.2, 0.25) is 5.02 Å². The lowest BCUT2D eigenvalue weighted by molar-refractivity contribution is 0.102. The molecule has 0 saturated carbocycles. The first-order valence-corrected chi connectivity index (χ1v) is 6.26. The van der Waals surface area contributed by atoms with Crippen molar-refractivity contribution in [3.05, 3.63) is 52.9 Å². The molecule has 2 aromatic rings. The molecule has 1 aromatic carbocycles. The number of amides is 1. The smallest absolute Gasteiger partial charge is 0.259 e. The van der Waals surface area contributed by atoms with E-state index in [1.54, 1.807) is 43.4 Å². The highest BCUT2D eigenvalue weighted by molar-refractivity contribution is 6.31. The average molecular weight is 294 g/mol. The van der Waals surface area contributed by atoms with E-state index in [1.165, 1.54) is 12.1 Å². The van der Waals surface area contributed by atoms with Crippen LogP contribution in [-0.2, 0) is 0 Å². The van der Waals surface area contributed by atoms with E-state index in [0.717, 1.165) is 0 Å². The summed E-state index contributed by atoms with van der Waals surface area (Å²) in [6.07, 6.45) is 1.59. The summed E-state index contributed by atoms with van der Waals surface area (Å²) in [5.74, 6) is -0.590. The molecule has 4 nitrogen and oxygen atoms in total. The lowest BCUT2D eigenvalue weighted by atomic mass is 10.2. The Kier molecular flexibility index (Phi) is 4.20. The molecule has 104 valence electrons. The van der Waals surface area contributed by atoms with Gasteiger partial charge in [-0.05, 0) is 24.3 Å². The van der Waals surface area contributed by atoms with Gasteiger partial charge in [0.2, 0.25) is 0 Å². The van der Waals surface area contributed by atoms with E-state index >= 15 is 0 Å². The van der Waals surface area contributed by atoms with E-state index in [2.05, 4.69) is 10.3 Å². The van der Waals surface area contributed by atoms with Crippen LogP contribution < -0.4 is 10.2 Å². The summed E-state index contributed by atoms with van der Waals surface area (Å²) in [7, 11) is 3.55. The van der Waals surface area contributed by atoms with Crippen molar-refractivity contribution in [2.75, 3.05) is 24.3 Å². The summed E-state index contributed by atoms with van der Waals surface area (Å²) in [6, 6.07) is 7.71. The monoisotopic (exact) mass is 293 g/mol. The Morgan fingerprint density at radius 2 is 2.05 bits per heavy atom. The van der Waals surface area contributed by atoms with Gasteiger partial charge in [-0.15, -0.1) is 0 Å². The molecule has 0 atom stereocenters. The lowest BCUT2D eigenvalue weighted by Gasteiger charge is -2.15. The molecule has 0 aliphatic rings. The Morgan fingerprint density at radius 1 is 1.30 bits per heavy atom. The van der Waals surface area contributed by atoms with E-state index in [-0.39, 0.29) is 10.7 Å². The molecule has 0 aliphatic heterocycles. The van der Waals surface area contributed by atoms with Crippen molar-refractivity contribution < 1.29 is 9.18 Å². The first kappa shape index (κ1) is 14.3. The Hall–Kier alpha value is -2.14. The molecular weight excluding hydrogens is 281 g/mol. The van der Waals surface area contributed by atoms with E-state index < -0.39 is 11.7 Å². The molecule has 2 rings (SSSR count). The number of aromatic nitrogens is 1. The largest absolute Gasteiger partial charge is 0.362 e. The number of anilines is 2. The van der Waals surface area contributed by atoms with Gasteiger partial charge in [0.25, 0.3) is 5.91 Å². The van der Waals surface area contributed by atoms with Gasteiger partial charge in [-0.2, -0.15) is 0 Å². The van der Waals surface area contributed by atoms with Crippen LogP contribution in [0.3, 0.4) is 0 Å². The number of nitrogens with one attached hydrogen (secondary N) is 1. The molecule has 0 aliphatic carbocycles. The molecule has 0 bridgehead atoms. The minimum absolute atomic E-state index is 0.0380. The molecule has 0 unspecified atom stereocenters. The minimum Gasteiger partial charge on any atom is -0.362 e. The number of pyridine rings is 1. The summed E-state index contributed by atoms with van der Waals surface area (Å²) in [6.45, 7) is 0. The first-order chi connectivity index (χ1) is 9.50. The summed E-state index contributed by atoms with van der Waals surface area (Å²) in [5.41, 5.74) is 0.396. The highest BCUT2D eigenvalue weighted by atomic mass is 35.5. The van der Waals surface area contributed by atoms with Crippen molar-refractivity contribution in [3.63, 3.8) is 0 Å². The Bertz CT molecular complexity index is 646. The minimum atomic E-state index is -0.655. The molecule has 0 spiro atoms. The Labute approximate surface area is 121 Å². The number of halogens is 2. The summed E-state index contributed by atoms with van der Waals surface area (Å²) in [5, 5.41) is 2.46. The third-order valence-electron chi connectivity index (χ3n) is 2.65. The fourth-order valence-electron chi connectivity index (χ4n) is 1.72. The van der Waals surface area contributed by atoms with Gasteiger partial charge in [-0.1, -0.05) is 17.7 Å². The van der Waals surface area contributed by atoms with Gasteiger partial charge in [0.1, 0.15) is 5.82 Å². The molecule has 0 saturated heterocycles. The quantitative estimate of drug-likeness (QED) is 0.945. The van der Waals surface area contributed by atoms with Gasteiger partial charge in [0.15, 0.2) is 5.82 Å². The molecule has 1 heterocycles. The van der Waals surface area contributed by atoms with Gasteiger partial charge >= 0.3 is 0 Å². The van der Waals surface area contributed by atoms with Crippen molar-refractivity contribution in [2.45, 2.75) is 0 Å². The summed E-state index contributed by atoms with van der Waals surface area (Å²) < 4.78 is 13.8.